The first-order chi connectivity index (χ1) is 9.33. The van der Waals surface area contributed by atoms with Crippen molar-refractivity contribution in [1.29, 1.82) is 0 Å². The molecule has 2 saturated heterocycles. The van der Waals surface area contributed by atoms with E-state index in [1.807, 2.05) is 0 Å². The highest BCUT2D eigenvalue weighted by atomic mass is 16.1. The van der Waals surface area contributed by atoms with Crippen LogP contribution < -0.4 is 5.32 Å². The molecular weight excluding hydrogens is 236 g/mol. The number of carbonyl (C=O) groups is 1. The number of nitrogens with zero attached hydrogens (tertiary/aromatic N) is 1. The fourth-order valence-electron chi connectivity index (χ4n) is 4.17. The summed E-state index contributed by atoms with van der Waals surface area (Å²) in [5.41, 5.74) is 2.91. The Hall–Kier alpha value is -1.19. The van der Waals surface area contributed by atoms with Gasteiger partial charge in [0.05, 0.1) is 6.17 Å². The second-order valence-corrected chi connectivity index (χ2v) is 6.08. The largest absolute Gasteiger partial charge is 0.300 e. The summed E-state index contributed by atoms with van der Waals surface area (Å²) in [6, 6.07) is 9.71. The normalized spacial score (nSPS) is 34.3. The average Bonchev–Trinajstić information content (AvgIpc) is 2.70. The van der Waals surface area contributed by atoms with Gasteiger partial charge in [-0.05, 0) is 30.4 Å². The molecule has 3 unspecified atom stereocenters. The van der Waals surface area contributed by atoms with E-state index in [0.29, 0.717) is 24.0 Å². The number of benzene rings is 1. The van der Waals surface area contributed by atoms with E-state index < -0.39 is 0 Å². The van der Waals surface area contributed by atoms with Crippen LogP contribution in [0.1, 0.15) is 43.0 Å². The number of Topliss-reactive ketones (excluding diaryl/α,β-unsaturated/α-hetero) is 1. The molecule has 3 atom stereocenters. The first-order valence-electron chi connectivity index (χ1n) is 7.43. The second-order valence-electron chi connectivity index (χ2n) is 6.08. The van der Waals surface area contributed by atoms with Gasteiger partial charge in [0.2, 0.25) is 0 Å². The Morgan fingerprint density at radius 2 is 1.84 bits per heavy atom. The third kappa shape index (κ3) is 1.84. The molecule has 3 aliphatic rings. The molecule has 19 heavy (non-hydrogen) atoms. The molecule has 3 heteroatoms. The molecular formula is C16H20N2O. The number of fused-ring (bicyclic) bond motifs is 3. The minimum atomic E-state index is 0.329. The quantitative estimate of drug-likeness (QED) is 0.834. The van der Waals surface area contributed by atoms with Crippen LogP contribution in [0.5, 0.6) is 0 Å². The van der Waals surface area contributed by atoms with Crippen molar-refractivity contribution in [1.82, 2.24) is 10.2 Å². The van der Waals surface area contributed by atoms with Crippen molar-refractivity contribution >= 4 is 5.78 Å². The average molecular weight is 256 g/mol. The van der Waals surface area contributed by atoms with Gasteiger partial charge in [0, 0.05) is 31.5 Å². The van der Waals surface area contributed by atoms with E-state index in [-0.39, 0.29) is 0 Å². The molecule has 3 nitrogen and oxygen atoms in total. The van der Waals surface area contributed by atoms with Crippen LogP contribution in [0, 0.1) is 0 Å². The van der Waals surface area contributed by atoms with Gasteiger partial charge in [-0.25, -0.2) is 0 Å². The Kier molecular flexibility index (Phi) is 2.71. The number of hydrogen-bond acceptors (Lipinski definition) is 3. The number of hydrogen-bond donors (Lipinski definition) is 1. The van der Waals surface area contributed by atoms with Crippen molar-refractivity contribution in [3.8, 4) is 0 Å². The lowest BCUT2D eigenvalue weighted by atomic mass is 9.93. The van der Waals surface area contributed by atoms with Crippen LogP contribution >= 0.6 is 0 Å². The van der Waals surface area contributed by atoms with Gasteiger partial charge in [0.15, 0.2) is 0 Å². The summed E-state index contributed by atoms with van der Waals surface area (Å²) in [6.45, 7) is 1.05. The van der Waals surface area contributed by atoms with Crippen LogP contribution in [-0.2, 0) is 11.2 Å². The van der Waals surface area contributed by atoms with Crippen LogP contribution in [0.2, 0.25) is 0 Å². The molecule has 1 aromatic rings. The van der Waals surface area contributed by atoms with E-state index in [1.54, 1.807) is 0 Å². The maximum absolute atomic E-state index is 11.8. The standard InChI is InChI=1S/C16H20N2O/c19-14-9-12-5-6-13(10-14)18(12)16-15-4-2-1-3-11(15)7-8-17-16/h1-4,12-13,16-17H,5-10H2. The highest BCUT2D eigenvalue weighted by Gasteiger charge is 2.44. The summed E-state index contributed by atoms with van der Waals surface area (Å²) in [5, 5.41) is 3.68. The second kappa shape index (κ2) is 4.43. The molecule has 2 fully saturated rings. The first-order valence-corrected chi connectivity index (χ1v) is 7.43. The van der Waals surface area contributed by atoms with Gasteiger partial charge in [-0.2, -0.15) is 0 Å². The first kappa shape index (κ1) is 11.6. The lowest BCUT2D eigenvalue weighted by Gasteiger charge is -2.43. The zero-order valence-electron chi connectivity index (χ0n) is 11.1. The van der Waals surface area contributed by atoms with Crippen LogP contribution in [0.15, 0.2) is 24.3 Å². The van der Waals surface area contributed by atoms with E-state index >= 15 is 0 Å². The molecule has 1 aromatic carbocycles. The lowest BCUT2D eigenvalue weighted by Crippen LogP contribution is -2.51. The number of nitrogens with one attached hydrogen (secondary N) is 1. The van der Waals surface area contributed by atoms with Crippen LogP contribution in [-0.4, -0.2) is 29.3 Å². The van der Waals surface area contributed by atoms with Gasteiger partial charge >= 0.3 is 0 Å². The molecule has 3 heterocycles. The molecule has 100 valence electrons. The van der Waals surface area contributed by atoms with Crippen LogP contribution in [0.4, 0.5) is 0 Å². The van der Waals surface area contributed by atoms with E-state index in [2.05, 4.69) is 34.5 Å². The smallest absolute Gasteiger partial charge is 0.136 e. The summed E-state index contributed by atoms with van der Waals surface area (Å²) in [6.07, 6.45) is 5.35. The molecule has 0 saturated carbocycles. The predicted molar refractivity (Wildman–Crippen MR) is 73.8 cm³/mol. The summed E-state index contributed by atoms with van der Waals surface area (Å²) in [7, 11) is 0. The monoisotopic (exact) mass is 256 g/mol. The molecule has 3 aliphatic heterocycles. The van der Waals surface area contributed by atoms with Crippen molar-refractivity contribution in [2.75, 3.05) is 6.54 Å². The van der Waals surface area contributed by atoms with Crippen LogP contribution in [0.25, 0.3) is 0 Å². The predicted octanol–water partition coefficient (Wildman–Crippen LogP) is 2.03. The Bertz CT molecular complexity index is 497. The van der Waals surface area contributed by atoms with Gasteiger partial charge in [-0.15, -0.1) is 0 Å². The van der Waals surface area contributed by atoms with Gasteiger partial charge in [-0.1, -0.05) is 24.3 Å². The zero-order chi connectivity index (χ0) is 12.8. The van der Waals surface area contributed by atoms with Gasteiger partial charge < -0.3 is 0 Å². The number of rotatable bonds is 1. The minimum Gasteiger partial charge on any atom is -0.300 e. The van der Waals surface area contributed by atoms with Crippen molar-refractivity contribution < 1.29 is 4.79 Å². The maximum Gasteiger partial charge on any atom is 0.136 e. The lowest BCUT2D eigenvalue weighted by molar-refractivity contribution is -0.124. The Labute approximate surface area is 114 Å². The molecule has 0 amide bonds. The molecule has 1 N–H and O–H groups in total. The van der Waals surface area contributed by atoms with Crippen molar-refractivity contribution in [3.05, 3.63) is 35.4 Å². The molecule has 0 spiro atoms. The van der Waals surface area contributed by atoms with E-state index in [9.17, 15) is 4.79 Å². The number of carbonyl (C=O) groups excluding carboxylic acids is 1. The Morgan fingerprint density at radius 3 is 2.63 bits per heavy atom. The van der Waals surface area contributed by atoms with Crippen molar-refractivity contribution in [2.24, 2.45) is 0 Å². The Balaban J connectivity index is 1.69. The molecule has 2 bridgehead atoms. The highest BCUT2D eigenvalue weighted by Crippen LogP contribution is 2.40. The van der Waals surface area contributed by atoms with E-state index in [0.717, 1.165) is 25.8 Å². The summed E-state index contributed by atoms with van der Waals surface area (Å²) >= 11 is 0. The maximum atomic E-state index is 11.8. The van der Waals surface area contributed by atoms with E-state index in [4.69, 9.17) is 0 Å². The van der Waals surface area contributed by atoms with Crippen molar-refractivity contribution in [2.45, 2.75) is 50.4 Å². The summed E-state index contributed by atoms with van der Waals surface area (Å²) in [4.78, 5) is 14.3. The fourth-order valence-corrected chi connectivity index (χ4v) is 4.17. The SMILES string of the molecule is O=C1CC2CCC(C1)N2C1NCCc2ccccc21. The molecule has 0 aliphatic carbocycles. The zero-order valence-corrected chi connectivity index (χ0v) is 11.1. The molecule has 0 radical (unpaired) electrons. The number of piperidine rings is 1. The number of ketones is 1. The summed E-state index contributed by atoms with van der Waals surface area (Å²) < 4.78 is 0. The third-order valence-electron chi connectivity index (χ3n) is 4.98. The van der Waals surface area contributed by atoms with E-state index in [1.165, 1.54) is 24.0 Å². The minimum absolute atomic E-state index is 0.329. The third-order valence-corrected chi connectivity index (χ3v) is 4.98. The van der Waals surface area contributed by atoms with Gasteiger partial charge in [0.1, 0.15) is 5.78 Å². The van der Waals surface area contributed by atoms with Gasteiger partial charge in [0.25, 0.3) is 0 Å². The topological polar surface area (TPSA) is 32.3 Å². The van der Waals surface area contributed by atoms with Crippen molar-refractivity contribution in [3.63, 3.8) is 0 Å². The van der Waals surface area contributed by atoms with Gasteiger partial charge in [-0.3, -0.25) is 15.0 Å². The summed E-state index contributed by atoms with van der Waals surface area (Å²) in [5.74, 6) is 0.466. The molecule has 0 aromatic heterocycles. The van der Waals surface area contributed by atoms with Crippen LogP contribution in [0.3, 0.4) is 0 Å². The highest BCUT2D eigenvalue weighted by molar-refractivity contribution is 5.81. The fraction of sp³-hybridized carbons (Fsp3) is 0.562. The molecule has 4 rings (SSSR count). The Morgan fingerprint density at radius 1 is 1.11 bits per heavy atom.